The molecule has 1 aliphatic heterocycles. The molecular formula is C22H28N4O3. The second-order valence-electron chi connectivity index (χ2n) is 8.32. The molecule has 2 aromatic rings. The van der Waals surface area contributed by atoms with Crippen LogP contribution in [-0.4, -0.2) is 35.1 Å². The summed E-state index contributed by atoms with van der Waals surface area (Å²) >= 11 is 0. The third kappa shape index (κ3) is 4.43. The highest BCUT2D eigenvalue weighted by atomic mass is 16.5. The van der Waals surface area contributed by atoms with Gasteiger partial charge in [0.25, 0.3) is 5.91 Å². The van der Waals surface area contributed by atoms with Gasteiger partial charge in [0.15, 0.2) is 5.49 Å². The third-order valence-electron chi connectivity index (χ3n) is 5.19. The zero-order valence-corrected chi connectivity index (χ0v) is 17.7. The molecule has 1 fully saturated rings. The van der Waals surface area contributed by atoms with Crippen molar-refractivity contribution in [3.05, 3.63) is 46.6 Å². The predicted molar refractivity (Wildman–Crippen MR) is 109 cm³/mol. The topological polar surface area (TPSA) is 81.5 Å². The fourth-order valence-corrected chi connectivity index (χ4v) is 3.67. The molecule has 7 heteroatoms. The van der Waals surface area contributed by atoms with E-state index >= 15 is 0 Å². The van der Waals surface area contributed by atoms with Crippen LogP contribution in [0.2, 0.25) is 0 Å². The number of carbonyl (C=O) groups excluding carboxylic acids is 1. The number of methoxy groups -OCH3 is 1. The number of hydrogen-bond acceptors (Lipinski definition) is 4. The number of nitriles is 1. The first kappa shape index (κ1) is 20.9. The number of rotatable bonds is 4. The molecule has 3 rings (SSSR count). The van der Waals surface area contributed by atoms with E-state index in [0.29, 0.717) is 23.3 Å². The van der Waals surface area contributed by atoms with Crippen LogP contribution in [0.4, 0.5) is 0 Å². The van der Waals surface area contributed by atoms with Crippen molar-refractivity contribution in [2.24, 2.45) is 12.0 Å². The fraction of sp³-hybridized carbons (Fsp3) is 0.500. The van der Waals surface area contributed by atoms with E-state index in [4.69, 9.17) is 9.47 Å². The van der Waals surface area contributed by atoms with E-state index in [-0.39, 0.29) is 17.1 Å². The molecule has 0 radical (unpaired) electrons. The summed E-state index contributed by atoms with van der Waals surface area (Å²) < 4.78 is 15.2. The van der Waals surface area contributed by atoms with Gasteiger partial charge in [0.05, 0.1) is 37.0 Å². The molecule has 1 amide bonds. The number of hydrogen-bond donors (Lipinski definition) is 0. The van der Waals surface area contributed by atoms with Crippen molar-refractivity contribution in [1.29, 1.82) is 5.26 Å². The Labute approximate surface area is 171 Å². The number of aromatic nitrogens is 2. The molecule has 0 N–H and O–H groups in total. The lowest BCUT2D eigenvalue weighted by Crippen LogP contribution is -2.30. The molecule has 154 valence electrons. The van der Waals surface area contributed by atoms with Crippen molar-refractivity contribution in [3.63, 3.8) is 0 Å². The first-order valence-electron chi connectivity index (χ1n) is 9.80. The van der Waals surface area contributed by atoms with Crippen LogP contribution in [0.3, 0.4) is 0 Å². The highest BCUT2D eigenvalue weighted by Crippen LogP contribution is 2.23. The van der Waals surface area contributed by atoms with Gasteiger partial charge in [-0.05, 0) is 31.0 Å². The van der Waals surface area contributed by atoms with Crippen LogP contribution >= 0.6 is 0 Å². The van der Waals surface area contributed by atoms with E-state index in [1.54, 1.807) is 12.1 Å². The molecule has 2 heterocycles. The molecular weight excluding hydrogens is 368 g/mol. The zero-order chi connectivity index (χ0) is 21.2. The maximum absolute atomic E-state index is 13.0. The van der Waals surface area contributed by atoms with E-state index in [0.717, 1.165) is 25.1 Å². The number of benzene rings is 1. The largest absolute Gasteiger partial charge is 0.496 e. The maximum Gasteiger partial charge on any atom is 0.282 e. The number of nitrogens with zero attached hydrogens (tertiary/aromatic N) is 4. The van der Waals surface area contributed by atoms with E-state index in [2.05, 4.69) is 36.5 Å². The van der Waals surface area contributed by atoms with E-state index in [1.165, 1.54) is 13.2 Å². The van der Waals surface area contributed by atoms with Crippen molar-refractivity contribution in [1.82, 2.24) is 9.36 Å². The standard InChI is InChI=1S/C22H28N4O3/c1-22(2,3)19-12-20(26(25(19)4)14-16-7-6-10-29-16)24-21(27)17-11-15(13-23)8-9-18(17)28-5/h8-9,11-12,16H,6-7,10,14H2,1-5H3/b24-20+/t16-/m1/s1. The van der Waals surface area contributed by atoms with E-state index in [1.807, 2.05) is 17.8 Å². The molecule has 0 spiro atoms. The Morgan fingerprint density at radius 3 is 2.72 bits per heavy atom. The van der Waals surface area contributed by atoms with Gasteiger partial charge in [-0.2, -0.15) is 10.3 Å². The van der Waals surface area contributed by atoms with E-state index in [9.17, 15) is 10.1 Å². The van der Waals surface area contributed by atoms with Gasteiger partial charge in [-0.1, -0.05) is 20.8 Å². The summed E-state index contributed by atoms with van der Waals surface area (Å²) in [5.41, 5.74) is 2.20. The van der Waals surface area contributed by atoms with Gasteiger partial charge in [0.2, 0.25) is 0 Å². The normalized spacial score (nSPS) is 17.4. The summed E-state index contributed by atoms with van der Waals surface area (Å²) in [7, 11) is 3.48. The summed E-state index contributed by atoms with van der Waals surface area (Å²) in [6, 6.07) is 8.76. The van der Waals surface area contributed by atoms with Crippen LogP contribution in [0.15, 0.2) is 29.3 Å². The summed E-state index contributed by atoms with van der Waals surface area (Å²) in [6.45, 7) is 7.79. The zero-order valence-electron chi connectivity index (χ0n) is 17.7. The van der Waals surface area contributed by atoms with Gasteiger partial charge in [-0.25, -0.2) is 0 Å². The van der Waals surface area contributed by atoms with Gasteiger partial charge in [-0.15, -0.1) is 0 Å². The summed E-state index contributed by atoms with van der Waals surface area (Å²) in [5.74, 6) is -0.0403. The van der Waals surface area contributed by atoms with Gasteiger partial charge in [0.1, 0.15) is 5.75 Å². The van der Waals surface area contributed by atoms with Crippen molar-refractivity contribution >= 4 is 5.91 Å². The Kier molecular flexibility index (Phi) is 5.94. The monoisotopic (exact) mass is 396 g/mol. The third-order valence-corrected chi connectivity index (χ3v) is 5.19. The second kappa shape index (κ2) is 8.26. The van der Waals surface area contributed by atoms with Gasteiger partial charge >= 0.3 is 0 Å². The minimum Gasteiger partial charge on any atom is -0.496 e. The predicted octanol–water partition coefficient (Wildman–Crippen LogP) is 2.92. The molecule has 29 heavy (non-hydrogen) atoms. The van der Waals surface area contributed by atoms with Gasteiger partial charge < -0.3 is 9.47 Å². The van der Waals surface area contributed by atoms with Crippen LogP contribution in [-0.2, 0) is 23.7 Å². The maximum atomic E-state index is 13.0. The van der Waals surface area contributed by atoms with Crippen molar-refractivity contribution in [3.8, 4) is 11.8 Å². The lowest BCUT2D eigenvalue weighted by molar-refractivity contribution is 0.0885. The summed E-state index contributed by atoms with van der Waals surface area (Å²) in [4.78, 5) is 17.4. The quantitative estimate of drug-likeness (QED) is 0.796. The lowest BCUT2D eigenvalue weighted by Gasteiger charge is -2.21. The average molecular weight is 396 g/mol. The molecule has 1 saturated heterocycles. The van der Waals surface area contributed by atoms with Crippen molar-refractivity contribution in [2.45, 2.75) is 51.7 Å². The molecule has 7 nitrogen and oxygen atoms in total. The molecule has 0 aliphatic carbocycles. The highest BCUT2D eigenvalue weighted by molar-refractivity contribution is 5.98. The van der Waals surface area contributed by atoms with Crippen molar-refractivity contribution in [2.75, 3.05) is 13.7 Å². The van der Waals surface area contributed by atoms with Crippen LogP contribution in [0.25, 0.3) is 0 Å². The second-order valence-corrected chi connectivity index (χ2v) is 8.32. The minimum atomic E-state index is -0.439. The number of amides is 1. The van der Waals surface area contributed by atoms with Gasteiger partial charge in [0, 0.05) is 30.8 Å². The average Bonchev–Trinajstić information content (AvgIpc) is 3.30. The minimum absolute atomic E-state index is 0.109. The van der Waals surface area contributed by atoms with Crippen LogP contribution in [0.1, 0.15) is 55.2 Å². The molecule has 1 atom stereocenters. The molecule has 1 aliphatic rings. The number of carbonyl (C=O) groups is 1. The highest BCUT2D eigenvalue weighted by Gasteiger charge is 2.24. The number of ether oxygens (including phenoxy) is 2. The van der Waals surface area contributed by atoms with E-state index < -0.39 is 5.91 Å². The Morgan fingerprint density at radius 2 is 2.14 bits per heavy atom. The summed E-state index contributed by atoms with van der Waals surface area (Å²) in [6.07, 6.45) is 2.15. The van der Waals surface area contributed by atoms with Crippen LogP contribution in [0, 0.1) is 11.3 Å². The molecule has 0 bridgehead atoms. The Bertz CT molecular complexity index is 1010. The van der Waals surface area contributed by atoms with Gasteiger partial charge in [-0.3, -0.25) is 14.2 Å². The van der Waals surface area contributed by atoms with Crippen molar-refractivity contribution < 1.29 is 14.3 Å². The summed E-state index contributed by atoms with van der Waals surface area (Å²) in [5, 5.41) is 9.18. The molecule has 1 aromatic heterocycles. The molecule has 0 unspecified atom stereocenters. The first-order chi connectivity index (χ1) is 13.7. The fourth-order valence-electron chi connectivity index (χ4n) is 3.67. The Balaban J connectivity index is 2.10. The Morgan fingerprint density at radius 1 is 1.38 bits per heavy atom. The first-order valence-corrected chi connectivity index (χ1v) is 9.80. The molecule has 1 aromatic carbocycles. The Hall–Kier alpha value is -2.85. The van der Waals surface area contributed by atoms with Crippen LogP contribution < -0.4 is 10.2 Å². The smallest absolute Gasteiger partial charge is 0.282 e. The van der Waals surface area contributed by atoms with Crippen LogP contribution in [0.5, 0.6) is 5.75 Å². The lowest BCUT2D eigenvalue weighted by atomic mass is 9.92. The SMILES string of the molecule is COc1ccc(C#N)cc1C(=O)/N=c1\cc(C(C)(C)C)n(C)n1C[C@H]1CCCO1. The molecule has 0 saturated carbocycles.